The Balaban J connectivity index is 1.97. The van der Waals surface area contributed by atoms with Gasteiger partial charge in [0.2, 0.25) is 0 Å². The van der Waals surface area contributed by atoms with E-state index in [1.165, 1.54) is 18.2 Å². The second-order valence-corrected chi connectivity index (χ2v) is 6.50. The van der Waals surface area contributed by atoms with Crippen molar-refractivity contribution in [2.24, 2.45) is 0 Å². The van der Waals surface area contributed by atoms with Crippen LogP contribution in [0.25, 0.3) is 0 Å². The third kappa shape index (κ3) is 4.15. The van der Waals surface area contributed by atoms with Crippen LogP contribution in [0.4, 0.5) is 5.69 Å². The number of halogens is 1. The fourth-order valence-corrected chi connectivity index (χ4v) is 3.17. The monoisotopic (exact) mass is 380 g/mol. The van der Waals surface area contributed by atoms with E-state index >= 15 is 0 Å². The van der Waals surface area contributed by atoms with Gasteiger partial charge in [-0.1, -0.05) is 66.2 Å². The Labute approximate surface area is 161 Å². The molecule has 0 heterocycles. The second kappa shape index (κ2) is 8.01. The molecular formula is C21H17ClN2O3. The fourth-order valence-electron chi connectivity index (χ4n) is 2.91. The highest BCUT2D eigenvalue weighted by molar-refractivity contribution is 6.34. The smallest absolute Gasteiger partial charge is 0.270 e. The molecule has 0 radical (unpaired) electrons. The Kier molecular flexibility index (Phi) is 5.52. The van der Waals surface area contributed by atoms with E-state index in [-0.39, 0.29) is 22.3 Å². The minimum atomic E-state index is -0.548. The SMILES string of the molecule is Cc1ccccc1[C@H](NC(=O)c1ccc([N+](=O)[O-])cc1Cl)c1ccccc1. The minimum Gasteiger partial charge on any atom is -0.341 e. The number of carbonyl (C=O) groups is 1. The van der Waals surface area contributed by atoms with Gasteiger partial charge >= 0.3 is 0 Å². The van der Waals surface area contributed by atoms with Crippen molar-refractivity contribution in [1.82, 2.24) is 5.32 Å². The summed E-state index contributed by atoms with van der Waals surface area (Å²) in [6.07, 6.45) is 0. The molecule has 0 unspecified atom stereocenters. The summed E-state index contributed by atoms with van der Waals surface area (Å²) in [6, 6.07) is 20.9. The lowest BCUT2D eigenvalue weighted by atomic mass is 9.94. The zero-order valence-corrected chi connectivity index (χ0v) is 15.3. The summed E-state index contributed by atoms with van der Waals surface area (Å²) in [5.74, 6) is -0.396. The molecule has 0 aliphatic carbocycles. The molecule has 0 saturated heterocycles. The summed E-state index contributed by atoms with van der Waals surface area (Å²) in [5.41, 5.74) is 2.97. The first-order valence-electron chi connectivity index (χ1n) is 8.32. The normalized spacial score (nSPS) is 11.6. The Hall–Kier alpha value is -3.18. The summed E-state index contributed by atoms with van der Waals surface area (Å²) < 4.78 is 0. The van der Waals surface area contributed by atoms with Crippen molar-refractivity contribution in [3.8, 4) is 0 Å². The van der Waals surface area contributed by atoms with Crippen LogP contribution in [0.15, 0.2) is 72.8 Å². The van der Waals surface area contributed by atoms with Gasteiger partial charge in [-0.05, 0) is 29.7 Å². The average Bonchev–Trinajstić information content (AvgIpc) is 2.67. The van der Waals surface area contributed by atoms with Gasteiger partial charge in [0, 0.05) is 12.1 Å². The highest BCUT2D eigenvalue weighted by Gasteiger charge is 2.21. The molecular weight excluding hydrogens is 364 g/mol. The highest BCUT2D eigenvalue weighted by atomic mass is 35.5. The van der Waals surface area contributed by atoms with E-state index in [0.717, 1.165) is 16.7 Å². The maximum atomic E-state index is 12.8. The molecule has 0 fully saturated rings. The Morgan fingerprint density at radius 3 is 2.33 bits per heavy atom. The topological polar surface area (TPSA) is 72.2 Å². The molecule has 5 nitrogen and oxygen atoms in total. The third-order valence-electron chi connectivity index (χ3n) is 4.32. The molecule has 3 aromatic carbocycles. The number of nitrogens with zero attached hydrogens (tertiary/aromatic N) is 1. The summed E-state index contributed by atoms with van der Waals surface area (Å²) in [4.78, 5) is 23.2. The number of aryl methyl sites for hydroxylation is 1. The van der Waals surface area contributed by atoms with Crippen LogP contribution in [0.5, 0.6) is 0 Å². The molecule has 3 rings (SSSR count). The standard InChI is InChI=1S/C21H17ClN2O3/c1-14-7-5-6-10-17(14)20(15-8-3-2-4-9-15)23-21(25)18-12-11-16(24(26)27)13-19(18)22/h2-13,20H,1H3,(H,23,25)/t20-/m1/s1. The fraction of sp³-hybridized carbons (Fsp3) is 0.0952. The van der Waals surface area contributed by atoms with Crippen LogP contribution in [0.1, 0.15) is 33.1 Å². The van der Waals surface area contributed by atoms with E-state index in [0.29, 0.717) is 0 Å². The van der Waals surface area contributed by atoms with Crippen LogP contribution in [-0.4, -0.2) is 10.8 Å². The first-order chi connectivity index (χ1) is 13.0. The maximum Gasteiger partial charge on any atom is 0.270 e. The zero-order chi connectivity index (χ0) is 19.4. The number of amides is 1. The van der Waals surface area contributed by atoms with Crippen molar-refractivity contribution in [3.05, 3.63) is 110 Å². The quantitative estimate of drug-likeness (QED) is 0.495. The number of nitro groups is 1. The number of rotatable bonds is 5. The lowest BCUT2D eigenvalue weighted by Gasteiger charge is -2.22. The van der Waals surface area contributed by atoms with Crippen molar-refractivity contribution in [2.45, 2.75) is 13.0 Å². The first kappa shape index (κ1) is 18.6. The Morgan fingerprint density at radius 2 is 1.70 bits per heavy atom. The van der Waals surface area contributed by atoms with Gasteiger partial charge in [-0.2, -0.15) is 0 Å². The molecule has 27 heavy (non-hydrogen) atoms. The van der Waals surface area contributed by atoms with E-state index in [1.807, 2.05) is 61.5 Å². The molecule has 0 aromatic heterocycles. The predicted molar refractivity (Wildman–Crippen MR) is 105 cm³/mol. The average molecular weight is 381 g/mol. The van der Waals surface area contributed by atoms with Crippen molar-refractivity contribution in [3.63, 3.8) is 0 Å². The number of carbonyl (C=O) groups excluding carboxylic acids is 1. The largest absolute Gasteiger partial charge is 0.341 e. The van der Waals surface area contributed by atoms with Crippen LogP contribution in [0, 0.1) is 17.0 Å². The number of hydrogen-bond acceptors (Lipinski definition) is 3. The summed E-state index contributed by atoms with van der Waals surface area (Å²) >= 11 is 6.11. The first-order valence-corrected chi connectivity index (χ1v) is 8.70. The van der Waals surface area contributed by atoms with Gasteiger partial charge < -0.3 is 5.32 Å². The maximum absolute atomic E-state index is 12.8. The molecule has 1 atom stereocenters. The number of hydrogen-bond donors (Lipinski definition) is 1. The van der Waals surface area contributed by atoms with E-state index in [9.17, 15) is 14.9 Å². The number of nitrogens with one attached hydrogen (secondary N) is 1. The lowest BCUT2D eigenvalue weighted by molar-refractivity contribution is -0.384. The molecule has 1 N–H and O–H groups in total. The van der Waals surface area contributed by atoms with Crippen LogP contribution in [0.2, 0.25) is 5.02 Å². The van der Waals surface area contributed by atoms with E-state index in [2.05, 4.69) is 5.32 Å². The molecule has 0 saturated carbocycles. The van der Waals surface area contributed by atoms with E-state index < -0.39 is 10.8 Å². The molecule has 3 aromatic rings. The molecule has 0 spiro atoms. The van der Waals surface area contributed by atoms with Gasteiger partial charge in [-0.3, -0.25) is 14.9 Å². The predicted octanol–water partition coefficient (Wildman–Crippen LogP) is 5.08. The van der Waals surface area contributed by atoms with Gasteiger partial charge in [0.05, 0.1) is 21.6 Å². The lowest BCUT2D eigenvalue weighted by Crippen LogP contribution is -2.30. The van der Waals surface area contributed by atoms with E-state index in [4.69, 9.17) is 11.6 Å². The van der Waals surface area contributed by atoms with Gasteiger partial charge in [-0.25, -0.2) is 0 Å². The molecule has 0 aliphatic rings. The molecule has 0 aliphatic heterocycles. The summed E-state index contributed by atoms with van der Waals surface area (Å²) in [6.45, 7) is 1.98. The number of benzene rings is 3. The summed E-state index contributed by atoms with van der Waals surface area (Å²) in [5, 5.41) is 13.9. The van der Waals surface area contributed by atoms with Gasteiger partial charge in [0.1, 0.15) is 0 Å². The van der Waals surface area contributed by atoms with Crippen molar-refractivity contribution >= 4 is 23.2 Å². The Morgan fingerprint density at radius 1 is 1.04 bits per heavy atom. The highest BCUT2D eigenvalue weighted by Crippen LogP contribution is 2.27. The molecule has 1 amide bonds. The third-order valence-corrected chi connectivity index (χ3v) is 4.63. The van der Waals surface area contributed by atoms with Crippen LogP contribution >= 0.6 is 11.6 Å². The van der Waals surface area contributed by atoms with Crippen LogP contribution < -0.4 is 5.32 Å². The summed E-state index contributed by atoms with van der Waals surface area (Å²) in [7, 11) is 0. The second-order valence-electron chi connectivity index (χ2n) is 6.10. The van der Waals surface area contributed by atoms with Crippen molar-refractivity contribution in [2.75, 3.05) is 0 Å². The minimum absolute atomic E-state index is 0.0401. The van der Waals surface area contributed by atoms with E-state index in [1.54, 1.807) is 0 Å². The Bertz CT molecular complexity index is 990. The molecule has 0 bridgehead atoms. The molecule has 6 heteroatoms. The van der Waals surface area contributed by atoms with Crippen LogP contribution in [0.3, 0.4) is 0 Å². The number of non-ortho nitro benzene ring substituents is 1. The van der Waals surface area contributed by atoms with Crippen molar-refractivity contribution < 1.29 is 9.72 Å². The van der Waals surface area contributed by atoms with Gasteiger partial charge in [-0.15, -0.1) is 0 Å². The number of nitro benzene ring substituents is 1. The zero-order valence-electron chi connectivity index (χ0n) is 14.6. The van der Waals surface area contributed by atoms with Gasteiger partial charge in [0.25, 0.3) is 11.6 Å². The van der Waals surface area contributed by atoms with Crippen molar-refractivity contribution in [1.29, 1.82) is 0 Å². The van der Waals surface area contributed by atoms with Gasteiger partial charge in [0.15, 0.2) is 0 Å². The molecule has 136 valence electrons. The van der Waals surface area contributed by atoms with Crippen LogP contribution in [-0.2, 0) is 0 Å².